The molecule has 2 bridgehead atoms. The van der Waals surface area contributed by atoms with Gasteiger partial charge < -0.3 is 38.8 Å². The van der Waals surface area contributed by atoms with E-state index in [-0.39, 0.29) is 54.9 Å². The Labute approximate surface area is 339 Å². The third-order valence-corrected chi connectivity index (χ3v) is 13.4. The molecule has 56 heavy (non-hydrogen) atoms. The first-order chi connectivity index (χ1) is 26.5. The van der Waals surface area contributed by atoms with E-state index in [0.717, 1.165) is 18.4 Å². The van der Waals surface area contributed by atoms with Gasteiger partial charge in [0.05, 0.1) is 29.8 Å². The number of ketones is 2. The highest BCUT2D eigenvalue weighted by atomic mass is 35.5. The van der Waals surface area contributed by atoms with Gasteiger partial charge in [0.15, 0.2) is 0 Å². The minimum Gasteiger partial charge on any atom is -0.460 e. The Hall–Kier alpha value is -2.19. The van der Waals surface area contributed by atoms with Crippen LogP contribution in [0.1, 0.15) is 112 Å². The van der Waals surface area contributed by atoms with Crippen molar-refractivity contribution in [2.45, 2.75) is 166 Å². The zero-order valence-corrected chi connectivity index (χ0v) is 35.8. The number of fused-ring (bicyclic) bond motifs is 3. The number of hydrogen-bond acceptors (Lipinski definition) is 11. The van der Waals surface area contributed by atoms with Gasteiger partial charge in [-0.05, 0) is 95.5 Å². The third-order valence-electron chi connectivity index (χ3n) is 12.9. The van der Waals surface area contributed by atoms with Gasteiger partial charge >= 0.3 is 5.97 Å². The van der Waals surface area contributed by atoms with Crippen LogP contribution in [-0.4, -0.2) is 120 Å². The van der Waals surface area contributed by atoms with E-state index in [1.54, 1.807) is 28.1 Å². The van der Waals surface area contributed by atoms with Crippen molar-refractivity contribution in [3.63, 3.8) is 0 Å². The number of nitrogens with zero attached hydrogens (tertiary/aromatic N) is 1. The minimum atomic E-state index is -2.49. The number of halogens is 1. The molecular formula is C43H68ClNO11. The molecule has 0 aromatic rings. The van der Waals surface area contributed by atoms with E-state index in [1.807, 2.05) is 32.9 Å². The van der Waals surface area contributed by atoms with Gasteiger partial charge in [0.1, 0.15) is 24.0 Å². The van der Waals surface area contributed by atoms with Crippen LogP contribution in [0.15, 0.2) is 23.3 Å². The van der Waals surface area contributed by atoms with E-state index in [4.69, 9.17) is 35.3 Å². The Bertz CT molecular complexity index is 1440. The van der Waals surface area contributed by atoms with Gasteiger partial charge in [0.2, 0.25) is 5.79 Å². The van der Waals surface area contributed by atoms with Crippen LogP contribution in [0.4, 0.5) is 0 Å². The van der Waals surface area contributed by atoms with E-state index in [0.29, 0.717) is 44.1 Å². The molecule has 1 aliphatic carbocycles. The average molecular weight is 810 g/mol. The average Bonchev–Trinajstić information content (AvgIpc) is 3.18. The molecule has 14 atom stereocenters. The second kappa shape index (κ2) is 20.7. The minimum absolute atomic E-state index is 0.0446. The monoisotopic (exact) mass is 809 g/mol. The predicted molar refractivity (Wildman–Crippen MR) is 212 cm³/mol. The number of Topliss-reactive ketones (excluding diaryl/α,β-unsaturated/α-hetero) is 2. The number of cyclic esters (lactones) is 1. The van der Waals surface area contributed by atoms with E-state index in [2.05, 4.69) is 6.92 Å². The molecule has 1 saturated carbocycles. The first-order valence-corrected chi connectivity index (χ1v) is 21.2. The van der Waals surface area contributed by atoms with Gasteiger partial charge in [-0.3, -0.25) is 14.4 Å². The van der Waals surface area contributed by atoms with Crippen molar-refractivity contribution in [1.82, 2.24) is 4.90 Å². The van der Waals surface area contributed by atoms with Gasteiger partial charge in [-0.15, -0.1) is 11.6 Å². The van der Waals surface area contributed by atoms with Crippen LogP contribution in [-0.2, 0) is 42.9 Å². The van der Waals surface area contributed by atoms with Crippen molar-refractivity contribution < 1.29 is 53.1 Å². The lowest BCUT2D eigenvalue weighted by atomic mass is 9.82. The van der Waals surface area contributed by atoms with E-state index >= 15 is 0 Å². The molecule has 12 nitrogen and oxygen atoms in total. The maximum atomic E-state index is 14.2. The zero-order valence-electron chi connectivity index (χ0n) is 35.0. The van der Waals surface area contributed by atoms with Crippen molar-refractivity contribution in [2.24, 2.45) is 29.6 Å². The van der Waals surface area contributed by atoms with Gasteiger partial charge in [-0.2, -0.15) is 0 Å². The first kappa shape index (κ1) is 46.5. The van der Waals surface area contributed by atoms with E-state index in [1.165, 1.54) is 12.0 Å². The molecule has 13 heteroatoms. The van der Waals surface area contributed by atoms with Crippen molar-refractivity contribution in [3.05, 3.63) is 23.3 Å². The largest absolute Gasteiger partial charge is 0.460 e. The molecule has 0 aromatic carbocycles. The quantitative estimate of drug-likeness (QED) is 0.134. The molecule has 2 saturated heterocycles. The number of methoxy groups -OCH3 is 3. The smallest absolute Gasteiger partial charge is 0.329 e. The number of aliphatic hydroxyl groups is 2. The molecule has 3 fully saturated rings. The van der Waals surface area contributed by atoms with Crippen LogP contribution in [0, 0.1) is 29.6 Å². The van der Waals surface area contributed by atoms with Crippen LogP contribution in [0.25, 0.3) is 0 Å². The topological polar surface area (TPSA) is 158 Å². The SMILES string of the molecule is CC[C@@H]1/C=C(\C)C[C@H](C)C[C@H](OC)[C@H]2O[C@@](O)(C(=O)C(=O)N3CCCC[C@H]3C(=O)O[C@H]([C@@H](C)[C@H](O)/C(C)=C/[C@@H]3CC[C@H](Cl)[C@H](OC)C3)CC1=O)[C@H](C)C[C@@H]2OC. The summed E-state index contributed by atoms with van der Waals surface area (Å²) >= 11 is 6.47. The Morgan fingerprint density at radius 2 is 1.66 bits per heavy atom. The number of carbonyl (C=O) groups is 4. The molecular weight excluding hydrogens is 742 g/mol. The summed E-state index contributed by atoms with van der Waals surface area (Å²) in [5.74, 6) is -7.35. The van der Waals surface area contributed by atoms with Crippen LogP contribution in [0.3, 0.4) is 0 Å². The number of rotatable bonds is 8. The second-order valence-corrected chi connectivity index (χ2v) is 17.7. The maximum Gasteiger partial charge on any atom is 0.329 e. The Morgan fingerprint density at radius 1 is 1.00 bits per heavy atom. The lowest BCUT2D eigenvalue weighted by molar-refractivity contribution is -0.302. The van der Waals surface area contributed by atoms with Crippen molar-refractivity contribution in [2.75, 3.05) is 27.9 Å². The normalized spacial score (nSPS) is 39.6. The van der Waals surface area contributed by atoms with E-state index in [9.17, 15) is 29.4 Å². The van der Waals surface area contributed by atoms with Gasteiger partial charge in [-0.25, -0.2) is 4.79 Å². The number of hydrogen-bond donors (Lipinski definition) is 2. The molecule has 0 radical (unpaired) electrons. The fraction of sp³-hybridized carbons (Fsp3) is 0.814. The van der Waals surface area contributed by atoms with Gasteiger partial charge in [0.25, 0.3) is 11.7 Å². The summed E-state index contributed by atoms with van der Waals surface area (Å²) < 4.78 is 29.7. The van der Waals surface area contributed by atoms with Crippen LogP contribution < -0.4 is 0 Å². The number of carbonyl (C=O) groups excluding carboxylic acids is 4. The molecule has 3 heterocycles. The van der Waals surface area contributed by atoms with Gasteiger partial charge in [-0.1, -0.05) is 45.4 Å². The molecule has 0 aromatic heterocycles. The summed E-state index contributed by atoms with van der Waals surface area (Å²) in [6.45, 7) is 11.3. The van der Waals surface area contributed by atoms with Crippen LogP contribution >= 0.6 is 11.6 Å². The first-order valence-electron chi connectivity index (χ1n) is 20.7. The zero-order chi connectivity index (χ0) is 41.5. The fourth-order valence-electron chi connectivity index (χ4n) is 9.33. The number of ether oxygens (including phenoxy) is 5. The van der Waals surface area contributed by atoms with Crippen molar-refractivity contribution >= 4 is 35.0 Å². The molecule has 4 aliphatic rings. The predicted octanol–water partition coefficient (Wildman–Crippen LogP) is 5.72. The third kappa shape index (κ3) is 10.9. The van der Waals surface area contributed by atoms with E-state index < -0.39 is 77.8 Å². The molecule has 318 valence electrons. The highest BCUT2D eigenvalue weighted by Crippen LogP contribution is 2.39. The van der Waals surface area contributed by atoms with Gasteiger partial charge in [0, 0.05) is 52.0 Å². The molecule has 0 unspecified atom stereocenters. The lowest BCUT2D eigenvalue weighted by Gasteiger charge is -2.47. The Kier molecular flexibility index (Phi) is 17.2. The second-order valence-electron chi connectivity index (χ2n) is 17.1. The molecule has 1 amide bonds. The molecule has 4 rings (SSSR count). The number of piperidine rings is 1. The Morgan fingerprint density at radius 3 is 2.30 bits per heavy atom. The Balaban J connectivity index is 1.72. The summed E-state index contributed by atoms with van der Waals surface area (Å²) in [6, 6.07) is -1.14. The fourth-order valence-corrected chi connectivity index (χ4v) is 9.66. The van der Waals surface area contributed by atoms with Crippen LogP contribution in [0.5, 0.6) is 0 Å². The summed E-state index contributed by atoms with van der Waals surface area (Å²) in [5, 5.41) is 23.6. The number of allylic oxidation sites excluding steroid dienone is 3. The number of alkyl halides is 1. The van der Waals surface area contributed by atoms with Crippen LogP contribution in [0.2, 0.25) is 0 Å². The highest BCUT2D eigenvalue weighted by Gasteiger charge is 2.56. The molecule has 0 spiro atoms. The summed E-state index contributed by atoms with van der Waals surface area (Å²) in [6.07, 6.45) is 5.30. The number of esters is 1. The summed E-state index contributed by atoms with van der Waals surface area (Å²) in [5.41, 5.74) is 1.70. The van der Waals surface area contributed by atoms with Crippen molar-refractivity contribution in [1.29, 1.82) is 0 Å². The number of amides is 1. The number of aliphatic hydroxyl groups excluding tert-OH is 1. The summed E-state index contributed by atoms with van der Waals surface area (Å²) in [7, 11) is 4.73. The lowest BCUT2D eigenvalue weighted by Crippen LogP contribution is -2.64. The molecule has 2 N–H and O–H groups in total. The highest BCUT2D eigenvalue weighted by molar-refractivity contribution is 6.39. The summed E-state index contributed by atoms with van der Waals surface area (Å²) in [4.78, 5) is 57.8. The maximum absolute atomic E-state index is 14.2. The standard InChI is InChI=1S/C43H68ClNO11/c1-10-30-18-24(2)17-25(3)19-36(53-8)39-37(54-9)21-27(5)43(51,56-39)40(48)41(49)45-16-12-11-13-32(45)42(50)55-34(23-33(30)46)28(6)38(47)26(4)20-29-14-15-31(44)35(22-29)52-7/h18,20,25,27-32,34-39,47,51H,10-17,19,21-23H2,1-9H3/b24-18+,26-20+/t25-,27+,28+,29-,30+,31-,32-,34-,35+,36-,37-,38+,39+,43+/m0/s1. The molecule has 3 aliphatic heterocycles. The van der Waals surface area contributed by atoms with Crippen molar-refractivity contribution in [3.8, 4) is 0 Å².